The van der Waals surface area contributed by atoms with E-state index in [1.165, 1.54) is 25.9 Å². The maximum absolute atomic E-state index is 12.1. The van der Waals surface area contributed by atoms with Crippen LogP contribution in [0.1, 0.15) is 34.7 Å². The lowest BCUT2D eigenvalue weighted by molar-refractivity contribution is 0.0827. The van der Waals surface area contributed by atoms with Crippen LogP contribution in [0, 0.1) is 6.92 Å². The van der Waals surface area contributed by atoms with Gasteiger partial charge in [0, 0.05) is 38.2 Å². The van der Waals surface area contributed by atoms with E-state index in [1.807, 2.05) is 43.3 Å². The first-order valence-electron chi connectivity index (χ1n) is 10.6. The van der Waals surface area contributed by atoms with Crippen LogP contribution in [-0.2, 0) is 6.42 Å². The van der Waals surface area contributed by atoms with Crippen molar-refractivity contribution in [1.82, 2.24) is 14.8 Å². The van der Waals surface area contributed by atoms with Crippen molar-refractivity contribution < 1.29 is 9.21 Å². The van der Waals surface area contributed by atoms with Crippen LogP contribution < -0.4 is 0 Å². The summed E-state index contributed by atoms with van der Waals surface area (Å²) >= 11 is 0. The molecule has 5 nitrogen and oxygen atoms in total. The Bertz CT molecular complexity index is 998. The lowest BCUT2D eigenvalue weighted by atomic mass is 10.0. The second kappa shape index (κ2) is 8.84. The third-order valence-corrected chi connectivity index (χ3v) is 5.76. The van der Waals surface area contributed by atoms with Gasteiger partial charge >= 0.3 is 0 Å². The average Bonchev–Trinajstić information content (AvgIpc) is 3.41. The number of carbonyl (C=O) groups is 1. The molecule has 5 heteroatoms. The van der Waals surface area contributed by atoms with Crippen LogP contribution >= 0.6 is 0 Å². The zero-order valence-electron chi connectivity index (χ0n) is 18.0. The first kappa shape index (κ1) is 20.4. The molecule has 4 rings (SSSR count). The molecular weight excluding hydrogens is 374 g/mol. The summed E-state index contributed by atoms with van der Waals surface area (Å²) in [6.45, 7) is 5.46. The zero-order chi connectivity index (χ0) is 21.1. The standard InChI is InChI=1S/C25H29N3O2/c1-18-23(14-17-28-15-4-5-16-28)26-24(30-18)21-10-6-19(7-11-21)20-8-12-22(13-9-20)25(29)27(2)3/h6-13H,4-5,14-17H2,1-3H3. The Labute approximate surface area is 178 Å². The average molecular weight is 404 g/mol. The van der Waals surface area contributed by atoms with E-state index >= 15 is 0 Å². The summed E-state index contributed by atoms with van der Waals surface area (Å²) in [4.78, 5) is 20.9. The summed E-state index contributed by atoms with van der Waals surface area (Å²) in [7, 11) is 3.52. The molecule has 1 aliphatic heterocycles. The molecule has 0 aliphatic carbocycles. The Kier molecular flexibility index (Phi) is 6.00. The van der Waals surface area contributed by atoms with Gasteiger partial charge in [0.25, 0.3) is 5.91 Å². The monoisotopic (exact) mass is 403 g/mol. The Morgan fingerprint density at radius 3 is 2.13 bits per heavy atom. The second-order valence-corrected chi connectivity index (χ2v) is 8.17. The third-order valence-electron chi connectivity index (χ3n) is 5.76. The van der Waals surface area contributed by atoms with Gasteiger partial charge in [-0.1, -0.05) is 24.3 Å². The number of hydrogen-bond donors (Lipinski definition) is 0. The SMILES string of the molecule is Cc1oc(-c2ccc(-c3ccc(C(=O)N(C)C)cc3)cc2)nc1CCN1CCCC1. The van der Waals surface area contributed by atoms with Gasteiger partial charge in [0.1, 0.15) is 5.76 Å². The molecule has 0 spiro atoms. The van der Waals surface area contributed by atoms with E-state index in [0.717, 1.165) is 41.1 Å². The largest absolute Gasteiger partial charge is 0.441 e. The molecule has 0 saturated carbocycles. The van der Waals surface area contributed by atoms with Gasteiger partial charge in [0.15, 0.2) is 0 Å². The summed E-state index contributed by atoms with van der Waals surface area (Å²) in [6.07, 6.45) is 3.56. The number of carbonyl (C=O) groups excluding carboxylic acids is 1. The van der Waals surface area contributed by atoms with E-state index in [4.69, 9.17) is 9.40 Å². The molecule has 1 aromatic heterocycles. The van der Waals surface area contributed by atoms with Crippen LogP contribution in [0.2, 0.25) is 0 Å². The molecule has 0 unspecified atom stereocenters. The highest BCUT2D eigenvalue weighted by molar-refractivity contribution is 5.94. The number of hydrogen-bond acceptors (Lipinski definition) is 4. The van der Waals surface area contributed by atoms with Gasteiger partial charge in [0.05, 0.1) is 5.69 Å². The van der Waals surface area contributed by atoms with Crippen LogP contribution in [0.4, 0.5) is 0 Å². The molecule has 30 heavy (non-hydrogen) atoms. The molecule has 1 fully saturated rings. The van der Waals surface area contributed by atoms with Crippen molar-refractivity contribution in [3.8, 4) is 22.6 Å². The maximum Gasteiger partial charge on any atom is 0.253 e. The fourth-order valence-electron chi connectivity index (χ4n) is 3.92. The van der Waals surface area contributed by atoms with Gasteiger partial charge in [-0.25, -0.2) is 4.98 Å². The van der Waals surface area contributed by atoms with Crippen molar-refractivity contribution in [2.24, 2.45) is 0 Å². The first-order valence-corrected chi connectivity index (χ1v) is 10.6. The zero-order valence-corrected chi connectivity index (χ0v) is 18.0. The Morgan fingerprint density at radius 1 is 0.967 bits per heavy atom. The molecular formula is C25H29N3O2. The molecule has 0 N–H and O–H groups in total. The highest BCUT2D eigenvalue weighted by Crippen LogP contribution is 2.26. The Morgan fingerprint density at radius 2 is 1.53 bits per heavy atom. The summed E-state index contributed by atoms with van der Waals surface area (Å²) in [6, 6.07) is 15.9. The van der Waals surface area contributed by atoms with Crippen molar-refractivity contribution in [2.45, 2.75) is 26.2 Å². The summed E-state index contributed by atoms with van der Waals surface area (Å²) in [5.41, 5.74) is 4.90. The molecule has 1 aliphatic rings. The number of likely N-dealkylation sites (tertiary alicyclic amines) is 1. The molecule has 2 heterocycles. The van der Waals surface area contributed by atoms with E-state index in [2.05, 4.69) is 17.0 Å². The van der Waals surface area contributed by atoms with Crippen molar-refractivity contribution in [3.63, 3.8) is 0 Å². The lowest BCUT2D eigenvalue weighted by Crippen LogP contribution is -2.22. The molecule has 1 saturated heterocycles. The fraction of sp³-hybridized carbons (Fsp3) is 0.360. The second-order valence-electron chi connectivity index (χ2n) is 8.17. The molecule has 2 aromatic carbocycles. The van der Waals surface area contributed by atoms with Crippen LogP contribution in [-0.4, -0.2) is 54.4 Å². The number of aryl methyl sites for hydroxylation is 1. The number of amides is 1. The maximum atomic E-state index is 12.1. The van der Waals surface area contributed by atoms with Gasteiger partial charge in [-0.15, -0.1) is 0 Å². The van der Waals surface area contributed by atoms with Crippen LogP contribution in [0.5, 0.6) is 0 Å². The van der Waals surface area contributed by atoms with Crippen LogP contribution in [0.25, 0.3) is 22.6 Å². The third kappa shape index (κ3) is 4.46. The number of rotatable bonds is 6. The number of aromatic nitrogens is 1. The van der Waals surface area contributed by atoms with Gasteiger partial charge in [-0.05, 0) is 68.2 Å². The summed E-state index contributed by atoms with van der Waals surface area (Å²) < 4.78 is 5.95. The molecule has 0 atom stereocenters. The predicted octanol–water partition coefficient (Wildman–Crippen LogP) is 4.66. The molecule has 1 amide bonds. The topological polar surface area (TPSA) is 49.6 Å². The predicted molar refractivity (Wildman–Crippen MR) is 120 cm³/mol. The van der Waals surface area contributed by atoms with Crippen molar-refractivity contribution in [1.29, 1.82) is 0 Å². The highest BCUT2D eigenvalue weighted by Gasteiger charge is 2.15. The summed E-state index contributed by atoms with van der Waals surface area (Å²) in [5, 5.41) is 0. The Hall–Kier alpha value is -2.92. The minimum atomic E-state index is 0.0108. The first-order chi connectivity index (χ1) is 14.5. The van der Waals surface area contributed by atoms with Crippen molar-refractivity contribution in [3.05, 3.63) is 65.5 Å². The smallest absolute Gasteiger partial charge is 0.253 e. The number of nitrogens with zero attached hydrogens (tertiary/aromatic N) is 3. The van der Waals surface area contributed by atoms with E-state index in [1.54, 1.807) is 19.0 Å². The quantitative estimate of drug-likeness (QED) is 0.601. The molecule has 0 radical (unpaired) electrons. The van der Waals surface area contributed by atoms with E-state index in [0.29, 0.717) is 11.5 Å². The van der Waals surface area contributed by atoms with Crippen molar-refractivity contribution >= 4 is 5.91 Å². The minimum Gasteiger partial charge on any atom is -0.441 e. The van der Waals surface area contributed by atoms with Gasteiger partial charge in [-0.2, -0.15) is 0 Å². The molecule has 156 valence electrons. The van der Waals surface area contributed by atoms with Gasteiger partial charge in [0.2, 0.25) is 5.89 Å². The summed E-state index contributed by atoms with van der Waals surface area (Å²) in [5.74, 6) is 1.61. The minimum absolute atomic E-state index is 0.0108. The van der Waals surface area contributed by atoms with E-state index in [9.17, 15) is 4.79 Å². The van der Waals surface area contributed by atoms with Crippen LogP contribution in [0.3, 0.4) is 0 Å². The van der Waals surface area contributed by atoms with Gasteiger partial charge < -0.3 is 14.2 Å². The molecule has 3 aromatic rings. The van der Waals surface area contributed by atoms with Gasteiger partial charge in [-0.3, -0.25) is 4.79 Å². The number of benzene rings is 2. The van der Waals surface area contributed by atoms with Crippen molar-refractivity contribution in [2.75, 3.05) is 33.7 Å². The normalized spacial score (nSPS) is 14.2. The van der Waals surface area contributed by atoms with Crippen LogP contribution in [0.15, 0.2) is 52.9 Å². The fourth-order valence-corrected chi connectivity index (χ4v) is 3.92. The molecule has 0 bridgehead atoms. The highest BCUT2D eigenvalue weighted by atomic mass is 16.4. The van der Waals surface area contributed by atoms with E-state index in [-0.39, 0.29) is 5.91 Å². The van der Waals surface area contributed by atoms with E-state index < -0.39 is 0 Å². The Balaban J connectivity index is 1.45. The lowest BCUT2D eigenvalue weighted by Gasteiger charge is -2.12. The number of oxazole rings is 1.